The first kappa shape index (κ1) is 34.6. The number of alkyl halides is 1. The Morgan fingerprint density at radius 2 is 1.76 bits per heavy atom. The molecule has 8 nitrogen and oxygen atoms in total. The molecule has 46 heavy (non-hydrogen) atoms. The number of furan rings is 1. The van der Waals surface area contributed by atoms with Crippen molar-refractivity contribution in [3.05, 3.63) is 35.6 Å². The van der Waals surface area contributed by atoms with Gasteiger partial charge in [-0.25, -0.2) is 4.79 Å². The Hall–Kier alpha value is -2.78. The van der Waals surface area contributed by atoms with Crippen LogP contribution in [0.25, 0.3) is 11.0 Å². The fraction of sp³-hybridized carbons (Fsp3) is 0.703. The molecule has 1 aromatic heterocycles. The van der Waals surface area contributed by atoms with Crippen LogP contribution in [0.2, 0.25) is 0 Å². The maximum atomic E-state index is 14.2. The number of nitrogens with zero attached hydrogens (tertiary/aromatic N) is 1. The molecule has 3 fully saturated rings. The largest absolute Gasteiger partial charge is 0.460 e. The van der Waals surface area contributed by atoms with E-state index in [0.29, 0.717) is 43.6 Å². The Morgan fingerprint density at radius 1 is 1.00 bits per heavy atom. The zero-order valence-corrected chi connectivity index (χ0v) is 27.8. The molecular weight excluding hydrogens is 589 g/mol. The van der Waals surface area contributed by atoms with E-state index in [2.05, 4.69) is 0 Å². The van der Waals surface area contributed by atoms with Gasteiger partial charge in [-0.05, 0) is 112 Å². The van der Waals surface area contributed by atoms with Gasteiger partial charge in [0.2, 0.25) is 11.7 Å². The van der Waals surface area contributed by atoms with Gasteiger partial charge in [0, 0.05) is 51.0 Å². The van der Waals surface area contributed by atoms with Crippen LogP contribution in [0.4, 0.5) is 4.39 Å². The third-order valence-electron chi connectivity index (χ3n) is 10.9. The average molecular weight is 642 g/mol. The van der Waals surface area contributed by atoms with Crippen molar-refractivity contribution in [2.24, 2.45) is 29.6 Å². The zero-order chi connectivity index (χ0) is 32.6. The van der Waals surface area contributed by atoms with Crippen molar-refractivity contribution >= 4 is 28.6 Å². The minimum absolute atomic E-state index is 0.0312. The van der Waals surface area contributed by atoms with Gasteiger partial charge in [0.25, 0.3) is 0 Å². The van der Waals surface area contributed by atoms with Crippen molar-refractivity contribution in [1.82, 2.24) is 4.90 Å². The number of rotatable bonds is 14. The predicted octanol–water partition coefficient (Wildman–Crippen LogP) is 6.96. The summed E-state index contributed by atoms with van der Waals surface area (Å²) in [6.45, 7) is 5.58. The smallest absolute Gasteiger partial charge is 0.374 e. The second kappa shape index (κ2) is 16.4. The molecule has 1 aliphatic heterocycles. The summed E-state index contributed by atoms with van der Waals surface area (Å²) in [5, 5.41) is 0.736. The lowest BCUT2D eigenvalue weighted by molar-refractivity contribution is -0.143. The molecule has 2 aliphatic carbocycles. The Balaban J connectivity index is 1.28. The first-order chi connectivity index (χ1) is 22.3. The quantitative estimate of drug-likeness (QED) is 0.163. The summed E-state index contributed by atoms with van der Waals surface area (Å²) in [5.74, 6) is 0.568. The number of likely N-dealkylation sites (tertiary alicyclic amines) is 1. The number of carbonyl (C=O) groups is 3. The molecular formula is C37H52FNO7. The number of hydrogen-bond donors (Lipinski definition) is 0. The van der Waals surface area contributed by atoms with Crippen LogP contribution < -0.4 is 0 Å². The number of ketones is 1. The van der Waals surface area contributed by atoms with Crippen LogP contribution >= 0.6 is 0 Å². The van der Waals surface area contributed by atoms with Crippen molar-refractivity contribution in [2.45, 2.75) is 96.6 Å². The summed E-state index contributed by atoms with van der Waals surface area (Å²) in [6, 6.07) is 6.78. The highest BCUT2D eigenvalue weighted by atomic mass is 19.1. The minimum Gasteiger partial charge on any atom is -0.460 e. The van der Waals surface area contributed by atoms with Gasteiger partial charge < -0.3 is 23.5 Å². The van der Waals surface area contributed by atoms with Crippen molar-refractivity contribution in [3.8, 4) is 0 Å². The van der Waals surface area contributed by atoms with E-state index in [9.17, 15) is 18.8 Å². The molecule has 2 saturated carbocycles. The Bertz CT molecular complexity index is 1310. The normalized spacial score (nSPS) is 27.5. The number of Topliss-reactive ketones (excluding diaryl/α,β-unsaturated/α-hetero) is 1. The maximum absolute atomic E-state index is 14.2. The first-order valence-electron chi connectivity index (χ1n) is 17.5. The van der Waals surface area contributed by atoms with Crippen LogP contribution in [0.1, 0.15) is 94.2 Å². The lowest BCUT2D eigenvalue weighted by Gasteiger charge is -2.37. The molecule has 3 aliphatic rings. The molecule has 3 atom stereocenters. The van der Waals surface area contributed by atoms with Crippen molar-refractivity contribution in [1.29, 1.82) is 0 Å². The van der Waals surface area contributed by atoms with Crippen LogP contribution in [-0.2, 0) is 30.2 Å². The summed E-state index contributed by atoms with van der Waals surface area (Å²) in [5.41, 5.74) is 1.39. The third-order valence-corrected chi connectivity index (χ3v) is 10.9. The van der Waals surface area contributed by atoms with Crippen LogP contribution in [0.15, 0.2) is 28.7 Å². The van der Waals surface area contributed by atoms with Crippen molar-refractivity contribution in [3.63, 3.8) is 0 Å². The number of methoxy groups -OCH3 is 1. The lowest BCUT2D eigenvalue weighted by atomic mass is 9.74. The lowest BCUT2D eigenvalue weighted by Crippen LogP contribution is -2.48. The van der Waals surface area contributed by atoms with Gasteiger partial charge in [-0.2, -0.15) is 0 Å². The summed E-state index contributed by atoms with van der Waals surface area (Å²) >= 11 is 0. The summed E-state index contributed by atoms with van der Waals surface area (Å²) in [6.07, 6.45) is 9.18. The van der Waals surface area contributed by atoms with Crippen molar-refractivity contribution in [2.75, 3.05) is 40.1 Å². The van der Waals surface area contributed by atoms with Crippen LogP contribution in [0.3, 0.4) is 0 Å². The van der Waals surface area contributed by atoms with E-state index in [1.807, 2.05) is 30.9 Å². The fourth-order valence-corrected chi connectivity index (χ4v) is 8.17. The predicted molar refractivity (Wildman–Crippen MR) is 173 cm³/mol. The molecule has 9 heteroatoms. The molecule has 0 spiro atoms. The van der Waals surface area contributed by atoms with Gasteiger partial charge >= 0.3 is 5.97 Å². The maximum Gasteiger partial charge on any atom is 0.374 e. The van der Waals surface area contributed by atoms with Gasteiger partial charge in [-0.3, -0.25) is 14.0 Å². The van der Waals surface area contributed by atoms with Gasteiger partial charge in [-0.1, -0.05) is 13.0 Å². The topological polar surface area (TPSA) is 95.3 Å². The highest BCUT2D eigenvalue weighted by Gasteiger charge is 2.47. The molecule has 2 aromatic rings. The Labute approximate surface area is 272 Å². The molecule has 2 heterocycles. The monoisotopic (exact) mass is 641 g/mol. The molecule has 1 aromatic carbocycles. The van der Waals surface area contributed by atoms with Gasteiger partial charge in [0.05, 0.1) is 25.4 Å². The highest BCUT2D eigenvalue weighted by Crippen LogP contribution is 2.42. The molecule has 254 valence electrons. The number of benzene rings is 1. The van der Waals surface area contributed by atoms with Crippen molar-refractivity contribution < 1.29 is 37.4 Å². The van der Waals surface area contributed by atoms with Gasteiger partial charge in [0.15, 0.2) is 5.78 Å². The van der Waals surface area contributed by atoms with Gasteiger partial charge in [-0.15, -0.1) is 0 Å². The zero-order valence-electron chi connectivity index (χ0n) is 27.8. The number of hydrogen-bond acceptors (Lipinski definition) is 7. The first-order valence-corrected chi connectivity index (χ1v) is 17.5. The summed E-state index contributed by atoms with van der Waals surface area (Å²) in [7, 11) is 1.77. The number of ether oxygens (including phenoxy) is 3. The third kappa shape index (κ3) is 8.19. The molecule has 0 bridgehead atoms. The van der Waals surface area contributed by atoms with E-state index in [1.165, 1.54) is 0 Å². The molecule has 0 N–H and O–H groups in total. The van der Waals surface area contributed by atoms with E-state index in [0.717, 1.165) is 68.7 Å². The highest BCUT2D eigenvalue weighted by molar-refractivity contribution is 5.94. The van der Waals surface area contributed by atoms with E-state index >= 15 is 0 Å². The molecule has 0 unspecified atom stereocenters. The molecule has 0 radical (unpaired) electrons. The standard InChI is InChI=1S/C37H52FNO7/c1-4-44-18-5-19-45-37(42)34-22-29-20-25(6-15-33(29)46-34)21-32(40)35-31(27-11-13-30(43-3)14-12-27)16-17-39(35)36(41)28-9-7-26(8-10-28)24(2)23-38/h6,15,20,22,24,26-28,30-31,35H,4-5,7-14,16-19,21,23H2,1-3H3/t24-,26?,27?,28?,30?,31+,35+/m1/s1. The van der Waals surface area contributed by atoms with Crippen LogP contribution in [0.5, 0.6) is 0 Å². The number of amides is 1. The second-order valence-corrected chi connectivity index (χ2v) is 13.8. The Morgan fingerprint density at radius 3 is 2.46 bits per heavy atom. The van der Waals surface area contributed by atoms with Crippen LogP contribution in [-0.4, -0.2) is 74.9 Å². The second-order valence-electron chi connectivity index (χ2n) is 13.8. The molecule has 5 rings (SSSR count). The average Bonchev–Trinajstić information content (AvgIpc) is 3.72. The SMILES string of the molecule is CCOCCCOC(=O)c1cc2cc(CC(=O)[C@@H]3[C@H](C4CCC(OC)CC4)CCN3C(=O)C3CCC([C@H](C)CF)CC3)ccc2o1. The number of esters is 1. The minimum atomic E-state index is -0.523. The van der Waals surface area contributed by atoms with E-state index in [-0.39, 0.29) is 61.0 Å². The van der Waals surface area contributed by atoms with Crippen LogP contribution in [0, 0.1) is 29.6 Å². The fourth-order valence-electron chi connectivity index (χ4n) is 8.17. The van der Waals surface area contributed by atoms with Gasteiger partial charge in [0.1, 0.15) is 5.58 Å². The number of carbonyl (C=O) groups excluding carboxylic acids is 3. The molecule has 1 amide bonds. The number of fused-ring (bicyclic) bond motifs is 1. The van der Waals surface area contributed by atoms with E-state index < -0.39 is 12.0 Å². The number of halogens is 1. The van der Waals surface area contributed by atoms with E-state index in [4.69, 9.17) is 18.6 Å². The molecule has 1 saturated heterocycles. The summed E-state index contributed by atoms with van der Waals surface area (Å²) < 4.78 is 35.3. The summed E-state index contributed by atoms with van der Waals surface area (Å²) in [4.78, 5) is 42.7. The van der Waals surface area contributed by atoms with E-state index in [1.54, 1.807) is 19.2 Å². The Kier molecular flexibility index (Phi) is 12.3.